The Labute approximate surface area is 109 Å². The third-order valence-corrected chi connectivity index (χ3v) is 2.61. The van der Waals surface area contributed by atoms with E-state index in [9.17, 15) is 9.18 Å². The Bertz CT molecular complexity index is 582. The number of carbonyl (C=O) groups excluding carboxylic acids is 1. The number of nitrogen functional groups attached to an aromatic ring is 1. The maximum atomic E-state index is 13.8. The quantitative estimate of drug-likeness (QED) is 0.674. The first-order valence-corrected chi connectivity index (χ1v) is 5.78. The summed E-state index contributed by atoms with van der Waals surface area (Å²) in [6.07, 6.45) is 3.38. The number of aryl methyl sites for hydroxylation is 1. The molecule has 2 aromatic rings. The van der Waals surface area contributed by atoms with Crippen LogP contribution < -0.4 is 5.73 Å². The van der Waals surface area contributed by atoms with Crippen LogP contribution in [0.5, 0.6) is 0 Å². The molecule has 0 aliphatic carbocycles. The molecule has 0 radical (unpaired) electrons. The maximum absolute atomic E-state index is 13.8. The van der Waals surface area contributed by atoms with Crippen LogP contribution in [0.2, 0.25) is 0 Å². The zero-order valence-electron chi connectivity index (χ0n) is 10.5. The van der Waals surface area contributed by atoms with Crippen LogP contribution in [0.1, 0.15) is 15.9 Å². The predicted octanol–water partition coefficient (Wildman–Crippen LogP) is 1.77. The molecule has 0 aliphatic heterocycles. The van der Waals surface area contributed by atoms with E-state index in [2.05, 4.69) is 5.10 Å². The summed E-state index contributed by atoms with van der Waals surface area (Å²) < 4.78 is 20.4. The van der Waals surface area contributed by atoms with Gasteiger partial charge in [-0.1, -0.05) is 0 Å². The van der Waals surface area contributed by atoms with E-state index in [1.807, 2.05) is 0 Å². The molecule has 19 heavy (non-hydrogen) atoms. The number of ether oxygens (including phenoxy) is 1. The first-order chi connectivity index (χ1) is 9.08. The predicted molar refractivity (Wildman–Crippen MR) is 68.1 cm³/mol. The number of anilines is 1. The van der Waals surface area contributed by atoms with Gasteiger partial charge in [-0.3, -0.25) is 4.68 Å². The van der Waals surface area contributed by atoms with E-state index in [0.29, 0.717) is 17.8 Å². The minimum absolute atomic E-state index is 0.119. The highest BCUT2D eigenvalue weighted by Crippen LogP contribution is 2.17. The molecule has 0 unspecified atom stereocenters. The molecule has 0 bridgehead atoms. The molecule has 5 nitrogen and oxygen atoms in total. The molecule has 0 amide bonds. The van der Waals surface area contributed by atoms with E-state index in [1.54, 1.807) is 30.1 Å². The summed E-state index contributed by atoms with van der Waals surface area (Å²) >= 11 is 0. The number of rotatable bonds is 4. The number of aromatic nitrogens is 2. The van der Waals surface area contributed by atoms with Gasteiger partial charge in [-0.2, -0.15) is 5.10 Å². The summed E-state index contributed by atoms with van der Waals surface area (Å²) in [5.41, 5.74) is 6.09. The summed E-state index contributed by atoms with van der Waals surface area (Å²) in [4.78, 5) is 11.8. The fourth-order valence-corrected chi connectivity index (χ4v) is 1.69. The summed E-state index contributed by atoms with van der Waals surface area (Å²) in [5, 5.41) is 3.96. The Balaban J connectivity index is 2.00. The lowest BCUT2D eigenvalue weighted by Gasteiger charge is -2.08. The van der Waals surface area contributed by atoms with Gasteiger partial charge >= 0.3 is 5.97 Å². The number of esters is 1. The van der Waals surface area contributed by atoms with Crippen molar-refractivity contribution in [2.45, 2.75) is 13.5 Å². The molecule has 0 saturated carbocycles. The zero-order valence-corrected chi connectivity index (χ0v) is 10.5. The Kier molecular flexibility index (Phi) is 3.79. The number of benzene rings is 1. The van der Waals surface area contributed by atoms with Gasteiger partial charge in [0.1, 0.15) is 12.4 Å². The van der Waals surface area contributed by atoms with Crippen molar-refractivity contribution < 1.29 is 13.9 Å². The van der Waals surface area contributed by atoms with E-state index >= 15 is 0 Å². The highest BCUT2D eigenvalue weighted by Gasteiger charge is 2.15. The van der Waals surface area contributed by atoms with Crippen LogP contribution in [-0.2, 0) is 11.3 Å². The first-order valence-electron chi connectivity index (χ1n) is 5.78. The number of carbonyl (C=O) groups is 1. The van der Waals surface area contributed by atoms with Gasteiger partial charge in [-0.15, -0.1) is 0 Å². The molecule has 0 atom stereocenters. The summed E-state index contributed by atoms with van der Waals surface area (Å²) in [6.45, 7) is 2.08. The third kappa shape index (κ3) is 3.09. The molecule has 0 fully saturated rings. The largest absolute Gasteiger partial charge is 0.460 e. The molecule has 100 valence electrons. The molecule has 1 heterocycles. The highest BCUT2D eigenvalue weighted by atomic mass is 19.1. The lowest BCUT2D eigenvalue weighted by atomic mass is 10.1. The SMILES string of the molecule is Cc1cc(N)cc(C(=O)OCCn2cccn2)c1F. The van der Waals surface area contributed by atoms with Crippen molar-refractivity contribution in [3.8, 4) is 0 Å². The second-order valence-corrected chi connectivity index (χ2v) is 4.10. The van der Waals surface area contributed by atoms with Gasteiger partial charge in [0.2, 0.25) is 0 Å². The minimum atomic E-state index is -0.722. The van der Waals surface area contributed by atoms with Crippen LogP contribution in [0.3, 0.4) is 0 Å². The fourth-order valence-electron chi connectivity index (χ4n) is 1.69. The average Bonchev–Trinajstić information content (AvgIpc) is 2.86. The highest BCUT2D eigenvalue weighted by molar-refractivity contribution is 5.91. The monoisotopic (exact) mass is 263 g/mol. The Morgan fingerprint density at radius 1 is 1.53 bits per heavy atom. The smallest absolute Gasteiger partial charge is 0.341 e. The molecular weight excluding hydrogens is 249 g/mol. The molecule has 6 heteroatoms. The third-order valence-electron chi connectivity index (χ3n) is 2.61. The summed E-state index contributed by atoms with van der Waals surface area (Å²) in [7, 11) is 0. The Hall–Kier alpha value is -2.37. The minimum Gasteiger partial charge on any atom is -0.460 e. The zero-order chi connectivity index (χ0) is 13.8. The lowest BCUT2D eigenvalue weighted by Crippen LogP contribution is -2.14. The van der Waals surface area contributed by atoms with Crippen molar-refractivity contribution in [1.82, 2.24) is 9.78 Å². The van der Waals surface area contributed by atoms with Gasteiger partial charge in [0, 0.05) is 18.1 Å². The van der Waals surface area contributed by atoms with Crippen molar-refractivity contribution in [2.24, 2.45) is 0 Å². The van der Waals surface area contributed by atoms with Gasteiger partial charge in [0.05, 0.1) is 12.1 Å². The van der Waals surface area contributed by atoms with Gasteiger partial charge in [-0.05, 0) is 30.7 Å². The molecule has 2 rings (SSSR count). The van der Waals surface area contributed by atoms with E-state index < -0.39 is 11.8 Å². The van der Waals surface area contributed by atoms with Crippen molar-refractivity contribution in [3.63, 3.8) is 0 Å². The number of nitrogens with zero attached hydrogens (tertiary/aromatic N) is 2. The molecule has 0 aliphatic rings. The number of hydrogen-bond donors (Lipinski definition) is 1. The Morgan fingerprint density at radius 3 is 3.00 bits per heavy atom. The summed E-state index contributed by atoms with van der Waals surface area (Å²) in [5.74, 6) is -1.32. The van der Waals surface area contributed by atoms with Crippen LogP contribution in [0.25, 0.3) is 0 Å². The second-order valence-electron chi connectivity index (χ2n) is 4.10. The fraction of sp³-hybridized carbons (Fsp3) is 0.231. The van der Waals surface area contributed by atoms with Gasteiger partial charge in [0.25, 0.3) is 0 Å². The normalized spacial score (nSPS) is 10.4. The van der Waals surface area contributed by atoms with Crippen molar-refractivity contribution in [1.29, 1.82) is 0 Å². The number of nitrogens with two attached hydrogens (primary N) is 1. The molecule has 0 spiro atoms. The molecule has 1 aromatic carbocycles. The van der Waals surface area contributed by atoms with Crippen molar-refractivity contribution in [2.75, 3.05) is 12.3 Å². The van der Waals surface area contributed by atoms with E-state index in [1.165, 1.54) is 12.1 Å². The van der Waals surface area contributed by atoms with Crippen LogP contribution in [0.4, 0.5) is 10.1 Å². The Morgan fingerprint density at radius 2 is 2.32 bits per heavy atom. The average molecular weight is 263 g/mol. The lowest BCUT2D eigenvalue weighted by molar-refractivity contribution is 0.0482. The van der Waals surface area contributed by atoms with E-state index in [4.69, 9.17) is 10.5 Å². The molecule has 0 saturated heterocycles. The van der Waals surface area contributed by atoms with Crippen LogP contribution in [0, 0.1) is 12.7 Å². The van der Waals surface area contributed by atoms with Crippen molar-refractivity contribution in [3.05, 3.63) is 47.5 Å². The topological polar surface area (TPSA) is 70.1 Å². The molecule has 1 aromatic heterocycles. The van der Waals surface area contributed by atoms with Crippen LogP contribution in [-0.4, -0.2) is 22.4 Å². The molecule has 2 N–H and O–H groups in total. The van der Waals surface area contributed by atoms with Crippen molar-refractivity contribution >= 4 is 11.7 Å². The van der Waals surface area contributed by atoms with Crippen LogP contribution in [0.15, 0.2) is 30.6 Å². The second kappa shape index (κ2) is 5.51. The number of hydrogen-bond acceptors (Lipinski definition) is 4. The maximum Gasteiger partial charge on any atom is 0.341 e. The van der Waals surface area contributed by atoms with E-state index in [0.717, 1.165) is 0 Å². The van der Waals surface area contributed by atoms with Gasteiger partial charge in [-0.25, -0.2) is 9.18 Å². The number of halogens is 1. The standard InChI is InChI=1S/C13H14FN3O2/c1-9-7-10(15)8-11(12(9)14)13(18)19-6-5-17-4-2-3-16-17/h2-4,7-8H,5-6,15H2,1H3. The van der Waals surface area contributed by atoms with Gasteiger partial charge in [0.15, 0.2) is 0 Å². The first kappa shape index (κ1) is 13.1. The summed E-state index contributed by atoms with van der Waals surface area (Å²) in [6, 6.07) is 4.51. The molecular formula is C13H14FN3O2. The van der Waals surface area contributed by atoms with E-state index in [-0.39, 0.29) is 12.2 Å². The van der Waals surface area contributed by atoms with Gasteiger partial charge < -0.3 is 10.5 Å². The van der Waals surface area contributed by atoms with Crippen LogP contribution >= 0.6 is 0 Å².